The number of halogens is 1. The number of carbonyl (C=O) groups excluding carboxylic acids is 1. The Hall–Kier alpha value is -2.54. The topological polar surface area (TPSA) is 70.8 Å². The lowest BCUT2D eigenvalue weighted by Crippen LogP contribution is -2.09. The van der Waals surface area contributed by atoms with Gasteiger partial charge in [-0.25, -0.2) is 0 Å². The summed E-state index contributed by atoms with van der Waals surface area (Å²) in [5.74, 6) is 0.838. The molecule has 0 saturated heterocycles. The van der Waals surface area contributed by atoms with Crippen molar-refractivity contribution < 1.29 is 23.5 Å². The van der Waals surface area contributed by atoms with Crippen molar-refractivity contribution >= 4 is 32.9 Å². The maximum absolute atomic E-state index is 12.2. The summed E-state index contributed by atoms with van der Waals surface area (Å²) in [5.41, 5.74) is 1.91. The highest BCUT2D eigenvalue weighted by Gasteiger charge is 2.15. The van der Waals surface area contributed by atoms with Crippen molar-refractivity contribution in [1.82, 2.24) is 5.16 Å². The van der Waals surface area contributed by atoms with Crippen molar-refractivity contribution in [1.29, 1.82) is 0 Å². The van der Waals surface area contributed by atoms with Crippen molar-refractivity contribution in [2.75, 3.05) is 14.2 Å². The molecular formula is C18H16BrNO5. The van der Waals surface area contributed by atoms with Gasteiger partial charge in [0.25, 0.3) is 0 Å². The molecule has 0 unspecified atom stereocenters. The van der Waals surface area contributed by atoms with Gasteiger partial charge in [-0.1, -0.05) is 17.3 Å². The highest BCUT2D eigenvalue weighted by Crippen LogP contribution is 2.33. The number of aromatic nitrogens is 1. The average Bonchev–Trinajstić information content (AvgIpc) is 3.03. The molecule has 2 aromatic carbocycles. The second-order valence-electron chi connectivity index (χ2n) is 5.26. The minimum atomic E-state index is -0.400. The van der Waals surface area contributed by atoms with Gasteiger partial charge < -0.3 is 18.7 Å². The van der Waals surface area contributed by atoms with Crippen LogP contribution in [-0.4, -0.2) is 25.3 Å². The third kappa shape index (κ3) is 3.76. The lowest BCUT2D eigenvalue weighted by atomic mass is 10.2. The fourth-order valence-corrected chi connectivity index (χ4v) is 2.93. The number of esters is 1. The van der Waals surface area contributed by atoms with Crippen LogP contribution in [0.2, 0.25) is 0 Å². The van der Waals surface area contributed by atoms with Gasteiger partial charge in [-0.15, -0.1) is 0 Å². The van der Waals surface area contributed by atoms with E-state index in [4.69, 9.17) is 18.7 Å². The van der Waals surface area contributed by atoms with Crippen LogP contribution in [0.3, 0.4) is 0 Å². The van der Waals surface area contributed by atoms with Crippen molar-refractivity contribution in [2.24, 2.45) is 0 Å². The maximum atomic E-state index is 12.2. The van der Waals surface area contributed by atoms with Crippen LogP contribution in [0.1, 0.15) is 11.3 Å². The number of benzene rings is 2. The van der Waals surface area contributed by atoms with Crippen LogP contribution >= 0.6 is 15.9 Å². The molecule has 130 valence electrons. The van der Waals surface area contributed by atoms with Crippen LogP contribution in [0, 0.1) is 0 Å². The van der Waals surface area contributed by atoms with Gasteiger partial charge in [0.05, 0.1) is 25.1 Å². The van der Waals surface area contributed by atoms with Crippen molar-refractivity contribution in [3.63, 3.8) is 0 Å². The van der Waals surface area contributed by atoms with Gasteiger partial charge in [-0.3, -0.25) is 4.79 Å². The lowest BCUT2D eigenvalue weighted by Gasteiger charge is -2.12. The Morgan fingerprint density at radius 2 is 1.92 bits per heavy atom. The second kappa shape index (κ2) is 7.57. The van der Waals surface area contributed by atoms with Gasteiger partial charge in [0, 0.05) is 10.9 Å². The third-order valence-corrected chi connectivity index (χ3v) is 4.33. The summed E-state index contributed by atoms with van der Waals surface area (Å²) in [6.07, 6.45) is 0.0347. The first-order valence-corrected chi connectivity index (χ1v) is 8.31. The zero-order valence-corrected chi connectivity index (χ0v) is 15.3. The number of para-hydroxylation sites is 1. The van der Waals surface area contributed by atoms with E-state index in [1.807, 2.05) is 18.2 Å². The van der Waals surface area contributed by atoms with Gasteiger partial charge in [0.2, 0.25) is 0 Å². The van der Waals surface area contributed by atoms with Crippen LogP contribution < -0.4 is 9.47 Å². The minimum Gasteiger partial charge on any atom is -0.496 e. The summed E-state index contributed by atoms with van der Waals surface area (Å²) in [6, 6.07) is 10.9. The van der Waals surface area contributed by atoms with Crippen LogP contribution in [0.4, 0.5) is 0 Å². The number of hydrogen-bond acceptors (Lipinski definition) is 6. The highest BCUT2D eigenvalue weighted by molar-refractivity contribution is 9.10. The molecule has 1 aromatic heterocycles. The highest BCUT2D eigenvalue weighted by atomic mass is 79.9. The van der Waals surface area contributed by atoms with Crippen LogP contribution in [0.5, 0.6) is 11.5 Å². The van der Waals surface area contributed by atoms with Crippen molar-refractivity contribution in [2.45, 2.75) is 13.0 Å². The molecule has 7 heteroatoms. The van der Waals surface area contributed by atoms with Gasteiger partial charge in [-0.05, 0) is 40.2 Å². The Labute approximate surface area is 152 Å². The Kier molecular flexibility index (Phi) is 5.23. The molecule has 6 nitrogen and oxygen atoms in total. The van der Waals surface area contributed by atoms with Gasteiger partial charge in [0.15, 0.2) is 5.58 Å². The third-order valence-electron chi connectivity index (χ3n) is 3.71. The molecule has 0 radical (unpaired) electrons. The number of rotatable bonds is 6. The lowest BCUT2D eigenvalue weighted by molar-refractivity contribution is -0.144. The SMILES string of the molecule is COc1cc(COC(=O)Cc2noc3ccccc23)c(OC)cc1Br. The van der Waals surface area contributed by atoms with Crippen LogP contribution in [0.15, 0.2) is 45.4 Å². The molecule has 0 fully saturated rings. The summed E-state index contributed by atoms with van der Waals surface area (Å²) in [7, 11) is 3.12. The number of nitrogens with zero attached hydrogens (tertiary/aromatic N) is 1. The molecule has 0 bridgehead atoms. The van der Waals surface area contributed by atoms with E-state index in [0.29, 0.717) is 28.3 Å². The van der Waals surface area contributed by atoms with Crippen LogP contribution in [-0.2, 0) is 22.6 Å². The number of fused-ring (bicyclic) bond motifs is 1. The van der Waals surface area contributed by atoms with E-state index in [2.05, 4.69) is 21.1 Å². The smallest absolute Gasteiger partial charge is 0.312 e. The fraction of sp³-hybridized carbons (Fsp3) is 0.222. The summed E-state index contributed by atoms with van der Waals surface area (Å²) in [5, 5.41) is 4.74. The van der Waals surface area contributed by atoms with Gasteiger partial charge in [-0.2, -0.15) is 0 Å². The molecule has 3 rings (SSSR count). The molecule has 0 saturated carbocycles. The quantitative estimate of drug-likeness (QED) is 0.579. The molecule has 0 aliphatic carbocycles. The van der Waals surface area contributed by atoms with Gasteiger partial charge in [0.1, 0.15) is 23.8 Å². The number of ether oxygens (including phenoxy) is 3. The summed E-state index contributed by atoms with van der Waals surface area (Å²) in [6.45, 7) is 0.0709. The number of carbonyl (C=O) groups is 1. The average molecular weight is 406 g/mol. The Bertz CT molecular complexity index is 906. The van der Waals surface area contributed by atoms with E-state index in [-0.39, 0.29) is 13.0 Å². The molecule has 0 amide bonds. The predicted octanol–water partition coefficient (Wildman–Crippen LogP) is 3.89. The first-order valence-electron chi connectivity index (χ1n) is 7.51. The van der Waals surface area contributed by atoms with E-state index < -0.39 is 5.97 Å². The summed E-state index contributed by atoms with van der Waals surface area (Å²) >= 11 is 3.39. The Morgan fingerprint density at radius 3 is 2.68 bits per heavy atom. The Morgan fingerprint density at radius 1 is 1.16 bits per heavy atom. The van der Waals surface area contributed by atoms with Gasteiger partial charge >= 0.3 is 5.97 Å². The fourth-order valence-electron chi connectivity index (χ4n) is 2.45. The normalized spacial score (nSPS) is 10.7. The monoisotopic (exact) mass is 405 g/mol. The summed E-state index contributed by atoms with van der Waals surface area (Å²) < 4.78 is 21.9. The molecule has 0 N–H and O–H groups in total. The maximum Gasteiger partial charge on any atom is 0.312 e. The minimum absolute atomic E-state index is 0.0347. The zero-order chi connectivity index (χ0) is 17.8. The van der Waals surface area contributed by atoms with E-state index in [9.17, 15) is 4.79 Å². The van der Waals surface area contributed by atoms with E-state index in [1.165, 1.54) is 0 Å². The second-order valence-corrected chi connectivity index (χ2v) is 6.12. The van der Waals surface area contributed by atoms with E-state index >= 15 is 0 Å². The molecule has 1 heterocycles. The molecular weight excluding hydrogens is 390 g/mol. The summed E-state index contributed by atoms with van der Waals surface area (Å²) in [4.78, 5) is 12.2. The molecule has 0 atom stereocenters. The number of hydrogen-bond donors (Lipinski definition) is 0. The van der Waals surface area contributed by atoms with Crippen molar-refractivity contribution in [3.8, 4) is 11.5 Å². The number of methoxy groups -OCH3 is 2. The first kappa shape index (κ1) is 17.3. The first-order chi connectivity index (χ1) is 12.1. The molecule has 0 spiro atoms. The van der Waals surface area contributed by atoms with E-state index in [1.54, 1.807) is 32.4 Å². The standard InChI is InChI=1S/C18H16BrNO5/c1-22-16-8-13(19)17(23-2)7-11(16)10-24-18(21)9-14-12-5-3-4-6-15(12)25-20-14/h3-8H,9-10H2,1-2H3. The van der Waals surface area contributed by atoms with Crippen molar-refractivity contribution in [3.05, 3.63) is 52.1 Å². The van der Waals surface area contributed by atoms with E-state index in [0.717, 1.165) is 9.86 Å². The predicted molar refractivity (Wildman–Crippen MR) is 94.8 cm³/mol. The molecule has 0 aliphatic heterocycles. The Balaban J connectivity index is 1.70. The zero-order valence-electron chi connectivity index (χ0n) is 13.7. The molecule has 3 aromatic rings. The molecule has 0 aliphatic rings. The van der Waals surface area contributed by atoms with Crippen LogP contribution in [0.25, 0.3) is 11.0 Å². The molecule has 25 heavy (non-hydrogen) atoms. The largest absolute Gasteiger partial charge is 0.496 e.